The van der Waals surface area contributed by atoms with Crippen LogP contribution in [0.2, 0.25) is 0 Å². The first-order chi connectivity index (χ1) is 10.5. The Kier molecular flexibility index (Phi) is 5.58. The van der Waals surface area contributed by atoms with E-state index in [-0.39, 0.29) is 5.91 Å². The van der Waals surface area contributed by atoms with E-state index in [2.05, 4.69) is 37.2 Å². The second-order valence-corrected chi connectivity index (χ2v) is 6.25. The Labute approximate surface area is 145 Å². The van der Waals surface area contributed by atoms with E-state index in [1.54, 1.807) is 37.3 Å². The highest BCUT2D eigenvalue weighted by Gasteiger charge is 2.17. The Bertz CT molecular complexity index is 741. The number of para-hydroxylation sites is 1. The fraction of sp³-hybridized carbons (Fsp3) is 0.125. The van der Waals surface area contributed by atoms with E-state index in [0.29, 0.717) is 17.0 Å². The molecule has 6 heteroatoms. The van der Waals surface area contributed by atoms with Crippen molar-refractivity contribution in [2.45, 2.75) is 13.0 Å². The Morgan fingerprint density at radius 1 is 1.27 bits per heavy atom. The third-order valence-corrected chi connectivity index (χ3v) is 3.99. The van der Waals surface area contributed by atoms with E-state index in [0.717, 1.165) is 8.95 Å². The van der Waals surface area contributed by atoms with E-state index in [4.69, 9.17) is 10.00 Å². The maximum absolute atomic E-state index is 12.2. The van der Waals surface area contributed by atoms with Crippen molar-refractivity contribution in [3.63, 3.8) is 0 Å². The minimum atomic E-state index is -0.704. The molecule has 0 radical (unpaired) electrons. The van der Waals surface area contributed by atoms with Crippen molar-refractivity contribution < 1.29 is 9.53 Å². The minimum Gasteiger partial charge on any atom is -0.480 e. The molecule has 0 unspecified atom stereocenters. The molecule has 4 nitrogen and oxygen atoms in total. The highest BCUT2D eigenvalue weighted by molar-refractivity contribution is 9.11. The number of hydrogen-bond donors (Lipinski definition) is 1. The first kappa shape index (κ1) is 16.5. The molecule has 0 spiro atoms. The molecule has 0 saturated carbocycles. The van der Waals surface area contributed by atoms with Crippen LogP contribution in [0.15, 0.2) is 51.4 Å². The van der Waals surface area contributed by atoms with Crippen molar-refractivity contribution in [1.82, 2.24) is 0 Å². The van der Waals surface area contributed by atoms with Gasteiger partial charge in [-0.3, -0.25) is 4.79 Å². The summed E-state index contributed by atoms with van der Waals surface area (Å²) in [5.74, 6) is 0.247. The van der Waals surface area contributed by atoms with Crippen molar-refractivity contribution >= 4 is 43.5 Å². The molecule has 2 aromatic carbocycles. The van der Waals surface area contributed by atoms with Gasteiger partial charge in [0.2, 0.25) is 0 Å². The number of halogens is 2. The molecule has 0 aromatic heterocycles. The van der Waals surface area contributed by atoms with Crippen molar-refractivity contribution in [3.8, 4) is 11.8 Å². The van der Waals surface area contributed by atoms with Gasteiger partial charge in [-0.25, -0.2) is 0 Å². The van der Waals surface area contributed by atoms with Crippen LogP contribution in [0.3, 0.4) is 0 Å². The smallest absolute Gasteiger partial charge is 0.265 e. The predicted molar refractivity (Wildman–Crippen MR) is 91.7 cm³/mol. The number of amides is 1. The van der Waals surface area contributed by atoms with Gasteiger partial charge < -0.3 is 10.1 Å². The van der Waals surface area contributed by atoms with Crippen LogP contribution in [-0.2, 0) is 4.79 Å². The lowest BCUT2D eigenvalue weighted by Crippen LogP contribution is -2.30. The van der Waals surface area contributed by atoms with Crippen molar-refractivity contribution in [2.75, 3.05) is 5.32 Å². The lowest BCUT2D eigenvalue weighted by Gasteiger charge is -2.16. The third kappa shape index (κ3) is 4.09. The number of nitrogens with zero attached hydrogens (tertiary/aromatic N) is 1. The molecule has 0 fully saturated rings. The van der Waals surface area contributed by atoms with Gasteiger partial charge in [0.05, 0.1) is 15.7 Å². The molecule has 1 atom stereocenters. The number of carbonyl (C=O) groups excluding carboxylic acids is 1. The van der Waals surface area contributed by atoms with Crippen LogP contribution in [0.1, 0.15) is 12.5 Å². The second kappa shape index (κ2) is 7.43. The fourth-order valence-electron chi connectivity index (χ4n) is 1.74. The molecule has 0 saturated heterocycles. The van der Waals surface area contributed by atoms with Gasteiger partial charge in [0.1, 0.15) is 11.8 Å². The molecule has 0 aliphatic rings. The summed E-state index contributed by atoms with van der Waals surface area (Å²) in [6.45, 7) is 1.65. The molecular formula is C16H12Br2N2O2. The number of nitrogens with one attached hydrogen (secondary N) is 1. The van der Waals surface area contributed by atoms with Crippen molar-refractivity contribution in [3.05, 3.63) is 57.0 Å². The minimum absolute atomic E-state index is 0.322. The average molecular weight is 424 g/mol. The van der Waals surface area contributed by atoms with Gasteiger partial charge in [0.25, 0.3) is 5.91 Å². The van der Waals surface area contributed by atoms with Crippen LogP contribution in [-0.4, -0.2) is 12.0 Å². The summed E-state index contributed by atoms with van der Waals surface area (Å²) in [5.41, 5.74) is 0.883. The third-order valence-electron chi connectivity index (χ3n) is 2.87. The maximum atomic E-state index is 12.2. The Hall–Kier alpha value is -1.84. The highest BCUT2D eigenvalue weighted by atomic mass is 79.9. The molecular weight excluding hydrogens is 412 g/mol. The molecule has 1 N–H and O–H groups in total. The maximum Gasteiger partial charge on any atom is 0.265 e. The fourth-order valence-corrected chi connectivity index (χ4v) is 2.88. The number of rotatable bonds is 4. The lowest BCUT2D eigenvalue weighted by atomic mass is 10.2. The predicted octanol–water partition coefficient (Wildman–Crippen LogP) is 4.49. The number of carbonyl (C=O) groups is 1. The van der Waals surface area contributed by atoms with Crippen LogP contribution in [0.5, 0.6) is 5.75 Å². The number of anilines is 1. The molecule has 0 aliphatic heterocycles. The summed E-state index contributed by atoms with van der Waals surface area (Å²) < 4.78 is 7.30. The number of hydrogen-bond acceptors (Lipinski definition) is 3. The summed E-state index contributed by atoms with van der Waals surface area (Å²) in [4.78, 5) is 12.2. The van der Waals surface area contributed by atoms with E-state index >= 15 is 0 Å². The molecule has 1 amide bonds. The van der Waals surface area contributed by atoms with Gasteiger partial charge in [-0.1, -0.05) is 28.1 Å². The Morgan fingerprint density at radius 2 is 2.00 bits per heavy atom. The monoisotopic (exact) mass is 422 g/mol. The molecule has 0 heterocycles. The van der Waals surface area contributed by atoms with Crippen molar-refractivity contribution in [1.29, 1.82) is 5.26 Å². The molecule has 2 aromatic rings. The molecule has 2 rings (SSSR count). The molecule has 0 bridgehead atoms. The summed E-state index contributed by atoms with van der Waals surface area (Å²) >= 11 is 6.74. The van der Waals surface area contributed by atoms with Crippen LogP contribution in [0, 0.1) is 11.3 Å². The Balaban J connectivity index is 2.08. The highest BCUT2D eigenvalue weighted by Crippen LogP contribution is 2.29. The number of benzene rings is 2. The number of nitriles is 1. The first-order valence-corrected chi connectivity index (χ1v) is 8.01. The first-order valence-electron chi connectivity index (χ1n) is 6.43. The summed E-state index contributed by atoms with van der Waals surface area (Å²) in [6, 6.07) is 14.3. The summed E-state index contributed by atoms with van der Waals surface area (Å²) in [5, 5.41) is 11.7. The lowest BCUT2D eigenvalue weighted by molar-refractivity contribution is -0.122. The molecule has 0 aliphatic carbocycles. The largest absolute Gasteiger partial charge is 0.480 e. The summed E-state index contributed by atoms with van der Waals surface area (Å²) in [6.07, 6.45) is -0.704. The van der Waals surface area contributed by atoms with E-state index < -0.39 is 6.10 Å². The van der Waals surface area contributed by atoms with Crippen molar-refractivity contribution in [2.24, 2.45) is 0 Å². The van der Waals surface area contributed by atoms with E-state index in [1.807, 2.05) is 18.2 Å². The Morgan fingerprint density at radius 3 is 2.68 bits per heavy atom. The SMILES string of the molecule is C[C@H](Oc1ccc(Br)cc1Br)C(=O)Nc1ccccc1C#N. The van der Waals surface area contributed by atoms with Crippen LogP contribution < -0.4 is 10.1 Å². The normalized spacial score (nSPS) is 11.4. The van der Waals surface area contributed by atoms with E-state index in [1.165, 1.54) is 0 Å². The van der Waals surface area contributed by atoms with Crippen LogP contribution in [0.4, 0.5) is 5.69 Å². The summed E-state index contributed by atoms with van der Waals surface area (Å²) in [7, 11) is 0. The zero-order valence-corrected chi connectivity index (χ0v) is 14.8. The van der Waals surface area contributed by atoms with Gasteiger partial charge in [0, 0.05) is 4.47 Å². The zero-order valence-electron chi connectivity index (χ0n) is 11.6. The molecule has 112 valence electrons. The van der Waals surface area contributed by atoms with Gasteiger partial charge >= 0.3 is 0 Å². The topological polar surface area (TPSA) is 62.1 Å². The standard InChI is InChI=1S/C16H12Br2N2O2/c1-10(22-15-7-6-12(17)8-13(15)18)16(21)20-14-5-3-2-4-11(14)9-19/h2-8,10H,1H3,(H,20,21)/t10-/m0/s1. The van der Waals surface area contributed by atoms with Crippen LogP contribution >= 0.6 is 31.9 Å². The average Bonchev–Trinajstić information content (AvgIpc) is 2.50. The molecule has 22 heavy (non-hydrogen) atoms. The second-order valence-electron chi connectivity index (χ2n) is 4.48. The van der Waals surface area contributed by atoms with Gasteiger partial charge in [-0.2, -0.15) is 5.26 Å². The van der Waals surface area contributed by atoms with Gasteiger partial charge in [-0.15, -0.1) is 0 Å². The van der Waals surface area contributed by atoms with E-state index in [9.17, 15) is 4.79 Å². The quantitative estimate of drug-likeness (QED) is 0.787. The van der Waals surface area contributed by atoms with Crippen LogP contribution in [0.25, 0.3) is 0 Å². The van der Waals surface area contributed by atoms with Gasteiger partial charge in [0.15, 0.2) is 6.10 Å². The zero-order chi connectivity index (χ0) is 16.1. The van der Waals surface area contributed by atoms with Gasteiger partial charge in [-0.05, 0) is 53.2 Å². The number of ether oxygens (including phenoxy) is 1.